The number of alkyl halides is 3. The number of halogens is 3. The molecule has 0 aliphatic heterocycles. The average molecular weight is 567 g/mol. The van der Waals surface area contributed by atoms with Crippen LogP contribution in [0.4, 0.5) is 30.5 Å². The van der Waals surface area contributed by atoms with E-state index in [4.69, 9.17) is 4.42 Å². The number of nitrogens with one attached hydrogen (secondary N) is 2. The number of aromatic hydroxyl groups is 1. The van der Waals surface area contributed by atoms with Crippen molar-refractivity contribution in [2.45, 2.75) is 38.4 Å². The second-order valence-corrected chi connectivity index (χ2v) is 10.2. The van der Waals surface area contributed by atoms with E-state index in [1.807, 2.05) is 27.1 Å². The number of hydrogen-bond donors (Lipinski definition) is 3. The van der Waals surface area contributed by atoms with Gasteiger partial charge in [-0.15, -0.1) is 0 Å². The number of aryl methyl sites for hydroxylation is 1. The molecule has 0 saturated carbocycles. The number of furan rings is 1. The van der Waals surface area contributed by atoms with Gasteiger partial charge in [-0.05, 0) is 70.6 Å². The molecular weight excluding hydrogens is 533 g/mol. The third-order valence-electron chi connectivity index (χ3n) is 5.90. The zero-order valence-electron chi connectivity index (χ0n) is 22.5. The van der Waals surface area contributed by atoms with E-state index in [1.54, 1.807) is 6.26 Å². The van der Waals surface area contributed by atoms with E-state index < -0.39 is 35.0 Å². The van der Waals surface area contributed by atoms with Gasteiger partial charge in [0, 0.05) is 14.1 Å². The normalized spacial score (nSPS) is 12.4. The molecule has 0 aliphatic rings. The van der Waals surface area contributed by atoms with Crippen molar-refractivity contribution < 1.29 is 27.5 Å². The standard InChI is InChI=1S/C26H33F3N6O3S/c1-15(2)21(19-13-16(14-38-19)9-7-8-12-34(3)4)31-24-23(32-39-33-24)30-18-11-10-17(26(27,28)29)20(22(18)36)25(37)35(5)6/h10-11,13-14,21,36H,1,7-9,12H2,2-6H3,(H,30,32)(H,31,33)/t21-/m1/s1. The Balaban J connectivity index is 1.83. The molecule has 0 spiro atoms. The van der Waals surface area contributed by atoms with Crippen LogP contribution in [0.2, 0.25) is 0 Å². The summed E-state index contributed by atoms with van der Waals surface area (Å²) in [4.78, 5) is 15.6. The Morgan fingerprint density at radius 2 is 1.87 bits per heavy atom. The molecule has 3 aromatic rings. The molecule has 3 rings (SSSR count). The maximum Gasteiger partial charge on any atom is 0.417 e. The van der Waals surface area contributed by atoms with Crippen LogP contribution in [0.3, 0.4) is 0 Å². The number of aromatic nitrogens is 2. The van der Waals surface area contributed by atoms with Gasteiger partial charge in [0.05, 0.1) is 34.8 Å². The number of hydrogen-bond acceptors (Lipinski definition) is 9. The Morgan fingerprint density at radius 1 is 1.18 bits per heavy atom. The van der Waals surface area contributed by atoms with E-state index in [0.29, 0.717) is 5.76 Å². The van der Waals surface area contributed by atoms with Gasteiger partial charge in [-0.2, -0.15) is 21.9 Å². The second kappa shape index (κ2) is 12.5. The quantitative estimate of drug-likeness (QED) is 0.141. The Labute approximate surface area is 229 Å². The predicted molar refractivity (Wildman–Crippen MR) is 146 cm³/mol. The third-order valence-corrected chi connectivity index (χ3v) is 6.43. The van der Waals surface area contributed by atoms with Gasteiger partial charge in [0.25, 0.3) is 5.91 Å². The Hall–Kier alpha value is -3.58. The van der Waals surface area contributed by atoms with Crippen molar-refractivity contribution in [2.24, 2.45) is 0 Å². The highest BCUT2D eigenvalue weighted by molar-refractivity contribution is 6.99. The van der Waals surface area contributed by atoms with Crippen molar-refractivity contribution >= 4 is 35.0 Å². The third kappa shape index (κ3) is 7.51. The summed E-state index contributed by atoms with van der Waals surface area (Å²) in [7, 11) is 6.68. The lowest BCUT2D eigenvalue weighted by molar-refractivity contribution is -0.138. The summed E-state index contributed by atoms with van der Waals surface area (Å²) >= 11 is 0.858. The Bertz CT molecular complexity index is 1300. The van der Waals surface area contributed by atoms with Gasteiger partial charge in [0.15, 0.2) is 17.4 Å². The minimum Gasteiger partial charge on any atom is -0.505 e. The van der Waals surface area contributed by atoms with Gasteiger partial charge < -0.3 is 30.0 Å². The number of unbranched alkanes of at least 4 members (excludes halogenated alkanes) is 1. The van der Waals surface area contributed by atoms with E-state index in [9.17, 15) is 23.1 Å². The van der Waals surface area contributed by atoms with Crippen LogP contribution in [-0.2, 0) is 12.6 Å². The highest BCUT2D eigenvalue weighted by atomic mass is 32.1. The van der Waals surface area contributed by atoms with Crippen molar-refractivity contribution in [3.05, 3.63) is 59.1 Å². The summed E-state index contributed by atoms with van der Waals surface area (Å²) in [5.74, 6) is -0.781. The summed E-state index contributed by atoms with van der Waals surface area (Å²) in [6.45, 7) is 6.87. The molecule has 2 heterocycles. The number of amides is 1. The van der Waals surface area contributed by atoms with Crippen LogP contribution in [0.1, 0.15) is 53.1 Å². The fourth-order valence-electron chi connectivity index (χ4n) is 3.87. The van der Waals surface area contributed by atoms with Crippen molar-refractivity contribution in [3.8, 4) is 5.75 Å². The molecule has 2 aromatic heterocycles. The predicted octanol–water partition coefficient (Wildman–Crippen LogP) is 5.91. The average Bonchev–Trinajstić information content (AvgIpc) is 3.49. The highest BCUT2D eigenvalue weighted by Gasteiger charge is 2.38. The van der Waals surface area contributed by atoms with Crippen LogP contribution in [0.25, 0.3) is 0 Å². The molecule has 0 aliphatic carbocycles. The molecule has 1 amide bonds. The smallest absolute Gasteiger partial charge is 0.417 e. The van der Waals surface area contributed by atoms with Gasteiger partial charge >= 0.3 is 6.18 Å². The van der Waals surface area contributed by atoms with Crippen LogP contribution in [0, 0.1) is 0 Å². The molecule has 1 aromatic carbocycles. The number of rotatable bonds is 12. The molecule has 39 heavy (non-hydrogen) atoms. The SMILES string of the molecule is C=C(C)[C@@H](Nc1nsnc1Nc1ccc(C(F)(F)F)c(C(=O)N(C)C)c1O)c1cc(CCCCN(C)C)co1. The number of phenolic OH excluding ortho intramolecular Hbond substituents is 1. The maximum atomic E-state index is 13.6. The number of phenols is 1. The largest absolute Gasteiger partial charge is 0.505 e. The number of anilines is 3. The lowest BCUT2D eigenvalue weighted by atomic mass is 10.0. The van der Waals surface area contributed by atoms with Crippen LogP contribution in [0.15, 0.2) is 41.0 Å². The van der Waals surface area contributed by atoms with Gasteiger partial charge in [0.1, 0.15) is 11.8 Å². The zero-order chi connectivity index (χ0) is 28.9. The first kappa shape index (κ1) is 30.0. The van der Waals surface area contributed by atoms with E-state index >= 15 is 0 Å². The lowest BCUT2D eigenvalue weighted by Crippen LogP contribution is -2.25. The Morgan fingerprint density at radius 3 is 2.49 bits per heavy atom. The number of benzene rings is 1. The molecule has 212 valence electrons. The minimum absolute atomic E-state index is 0.131. The first-order valence-corrected chi connectivity index (χ1v) is 12.9. The summed E-state index contributed by atoms with van der Waals surface area (Å²) in [5.41, 5.74) is -0.438. The van der Waals surface area contributed by atoms with Crippen LogP contribution >= 0.6 is 11.7 Å². The molecule has 1 atom stereocenters. The maximum absolute atomic E-state index is 13.6. The van der Waals surface area contributed by atoms with E-state index in [0.717, 1.165) is 65.7 Å². The number of nitrogens with zero attached hydrogens (tertiary/aromatic N) is 4. The molecule has 0 fully saturated rings. The van der Waals surface area contributed by atoms with Gasteiger partial charge in [-0.3, -0.25) is 4.79 Å². The molecular formula is C26H33F3N6O3S. The zero-order valence-corrected chi connectivity index (χ0v) is 23.3. The van der Waals surface area contributed by atoms with E-state index in [2.05, 4.69) is 30.9 Å². The van der Waals surface area contributed by atoms with Crippen LogP contribution < -0.4 is 10.6 Å². The minimum atomic E-state index is -4.84. The monoisotopic (exact) mass is 566 g/mol. The molecule has 0 saturated heterocycles. The van der Waals surface area contributed by atoms with Gasteiger partial charge in [-0.1, -0.05) is 12.2 Å². The summed E-state index contributed by atoms with van der Waals surface area (Å²) < 4.78 is 55.0. The summed E-state index contributed by atoms with van der Waals surface area (Å²) in [6, 6.07) is 3.28. The molecule has 13 heteroatoms. The molecule has 3 N–H and O–H groups in total. The van der Waals surface area contributed by atoms with Crippen molar-refractivity contribution in [1.29, 1.82) is 0 Å². The van der Waals surface area contributed by atoms with E-state index in [-0.39, 0.29) is 17.3 Å². The van der Waals surface area contributed by atoms with Gasteiger partial charge in [0.2, 0.25) is 0 Å². The van der Waals surface area contributed by atoms with E-state index in [1.165, 1.54) is 14.1 Å². The van der Waals surface area contributed by atoms with Crippen molar-refractivity contribution in [3.63, 3.8) is 0 Å². The second-order valence-electron chi connectivity index (χ2n) is 9.71. The lowest BCUT2D eigenvalue weighted by Gasteiger charge is -2.20. The number of carbonyl (C=O) groups is 1. The summed E-state index contributed by atoms with van der Waals surface area (Å²) in [5, 5.41) is 16.7. The van der Waals surface area contributed by atoms with Crippen LogP contribution in [-0.4, -0.2) is 64.3 Å². The number of carbonyl (C=O) groups excluding carboxylic acids is 1. The van der Waals surface area contributed by atoms with Crippen molar-refractivity contribution in [2.75, 3.05) is 45.4 Å². The van der Waals surface area contributed by atoms with Gasteiger partial charge in [-0.25, -0.2) is 0 Å². The highest BCUT2D eigenvalue weighted by Crippen LogP contribution is 2.41. The first-order valence-electron chi connectivity index (χ1n) is 12.2. The molecule has 9 nitrogen and oxygen atoms in total. The molecule has 0 unspecified atom stereocenters. The first-order chi connectivity index (χ1) is 18.3. The van der Waals surface area contributed by atoms with Crippen LogP contribution in [0.5, 0.6) is 5.75 Å². The topological polar surface area (TPSA) is 107 Å². The molecule has 0 bridgehead atoms. The fraction of sp³-hybridized carbons (Fsp3) is 0.423. The van der Waals surface area contributed by atoms with Crippen molar-refractivity contribution in [1.82, 2.24) is 18.5 Å². The fourth-order valence-corrected chi connectivity index (χ4v) is 4.34. The summed E-state index contributed by atoms with van der Waals surface area (Å²) in [6.07, 6.45) is -0.179. The molecule has 0 radical (unpaired) electrons. The Kier molecular flexibility index (Phi) is 9.62.